The summed E-state index contributed by atoms with van der Waals surface area (Å²) in [5.41, 5.74) is 1.10. The molecule has 2 heterocycles. The van der Waals surface area contributed by atoms with Gasteiger partial charge in [-0.3, -0.25) is 14.9 Å². The molecule has 3 rings (SSSR count). The van der Waals surface area contributed by atoms with Crippen molar-refractivity contribution in [2.24, 2.45) is 11.8 Å². The van der Waals surface area contributed by atoms with Crippen LogP contribution in [0.15, 0.2) is 30.3 Å². The lowest BCUT2D eigenvalue weighted by atomic mass is 9.78. The number of carboxylic acids is 1. The van der Waals surface area contributed by atoms with E-state index in [0.29, 0.717) is 25.3 Å². The van der Waals surface area contributed by atoms with E-state index < -0.39 is 24.1 Å². The number of aryl methyl sites for hydroxylation is 1. The van der Waals surface area contributed by atoms with Crippen LogP contribution in [0.5, 0.6) is 0 Å². The lowest BCUT2D eigenvalue weighted by Gasteiger charge is -2.46. The van der Waals surface area contributed by atoms with Crippen molar-refractivity contribution in [1.82, 2.24) is 10.2 Å². The minimum absolute atomic E-state index is 0.00224. The molecule has 3 unspecified atom stereocenters. The third kappa shape index (κ3) is 6.04. The number of hydrogen-bond donors (Lipinski definition) is 2. The number of esters is 1. The highest BCUT2D eigenvalue weighted by atomic mass is 32.2. The van der Waals surface area contributed by atoms with Crippen molar-refractivity contribution in [2.45, 2.75) is 57.7 Å². The zero-order valence-electron chi connectivity index (χ0n) is 18.9. The molecule has 7 nitrogen and oxygen atoms in total. The summed E-state index contributed by atoms with van der Waals surface area (Å²) in [6.07, 6.45) is 2.81. The number of nitrogens with zero attached hydrogens (tertiary/aromatic N) is 1. The van der Waals surface area contributed by atoms with Gasteiger partial charge in [0.05, 0.1) is 12.6 Å². The minimum Gasteiger partial charge on any atom is -0.480 e. The average Bonchev–Trinajstić information content (AvgIpc) is 2.80. The number of aliphatic carboxylic acids is 1. The topological polar surface area (TPSA) is 95.9 Å². The van der Waals surface area contributed by atoms with Gasteiger partial charge in [-0.1, -0.05) is 30.3 Å². The molecule has 176 valence electrons. The Morgan fingerprint density at radius 1 is 1.25 bits per heavy atom. The van der Waals surface area contributed by atoms with Crippen molar-refractivity contribution in [1.29, 1.82) is 0 Å². The Morgan fingerprint density at radius 3 is 2.69 bits per heavy atom. The van der Waals surface area contributed by atoms with Gasteiger partial charge in [-0.25, -0.2) is 4.79 Å². The van der Waals surface area contributed by atoms with Gasteiger partial charge >= 0.3 is 11.9 Å². The van der Waals surface area contributed by atoms with E-state index >= 15 is 0 Å². The van der Waals surface area contributed by atoms with Crippen LogP contribution in [0.1, 0.15) is 38.7 Å². The Balaban J connectivity index is 1.68. The van der Waals surface area contributed by atoms with Gasteiger partial charge < -0.3 is 14.7 Å². The highest BCUT2D eigenvalue weighted by molar-refractivity contribution is 7.99. The number of amides is 1. The average molecular weight is 463 g/mol. The second-order valence-corrected chi connectivity index (χ2v) is 9.76. The number of thioether (sulfide) groups is 1. The molecule has 2 aliphatic heterocycles. The van der Waals surface area contributed by atoms with Crippen molar-refractivity contribution in [3.8, 4) is 0 Å². The number of carbonyl (C=O) groups excluding carboxylic acids is 2. The molecule has 2 aliphatic rings. The number of nitrogens with one attached hydrogen (secondary N) is 1. The molecule has 8 heteroatoms. The van der Waals surface area contributed by atoms with Gasteiger partial charge in [-0.2, -0.15) is 11.8 Å². The number of carbonyl (C=O) groups is 3. The minimum atomic E-state index is -0.932. The first-order chi connectivity index (χ1) is 15.4. The maximum Gasteiger partial charge on any atom is 0.326 e. The third-order valence-corrected chi connectivity index (χ3v) is 7.70. The predicted molar refractivity (Wildman–Crippen MR) is 124 cm³/mol. The van der Waals surface area contributed by atoms with Crippen LogP contribution in [0.3, 0.4) is 0 Å². The summed E-state index contributed by atoms with van der Waals surface area (Å²) in [6.45, 7) is 4.17. The van der Waals surface area contributed by atoms with E-state index in [0.717, 1.165) is 29.9 Å². The summed E-state index contributed by atoms with van der Waals surface area (Å²) < 4.78 is 5.23. The van der Waals surface area contributed by atoms with E-state index in [1.807, 2.05) is 42.1 Å². The molecule has 0 saturated carbocycles. The molecule has 0 radical (unpaired) electrons. The number of hydrogen-bond acceptors (Lipinski definition) is 6. The third-order valence-electron chi connectivity index (χ3n) is 6.51. The molecule has 2 N–H and O–H groups in total. The first-order valence-corrected chi connectivity index (χ1v) is 12.7. The molecular weight excluding hydrogens is 428 g/mol. The molecule has 32 heavy (non-hydrogen) atoms. The van der Waals surface area contributed by atoms with Gasteiger partial charge in [0.25, 0.3) is 0 Å². The van der Waals surface area contributed by atoms with Gasteiger partial charge in [0.2, 0.25) is 5.91 Å². The summed E-state index contributed by atoms with van der Waals surface area (Å²) >= 11 is 1.87. The molecule has 5 atom stereocenters. The Morgan fingerprint density at radius 2 is 2.00 bits per heavy atom. The fourth-order valence-corrected chi connectivity index (χ4v) is 6.18. The summed E-state index contributed by atoms with van der Waals surface area (Å²) in [5, 5.41) is 13.1. The van der Waals surface area contributed by atoms with Crippen molar-refractivity contribution in [2.75, 3.05) is 24.7 Å². The number of fused-ring (bicyclic) bond motifs is 1. The fraction of sp³-hybridized carbons (Fsp3) is 0.625. The van der Waals surface area contributed by atoms with Gasteiger partial charge in [-0.15, -0.1) is 0 Å². The van der Waals surface area contributed by atoms with Crippen LogP contribution in [-0.4, -0.2) is 70.6 Å². The lowest BCUT2D eigenvalue weighted by Crippen LogP contribution is -2.61. The van der Waals surface area contributed by atoms with Crippen LogP contribution in [0.25, 0.3) is 0 Å². The Kier molecular flexibility index (Phi) is 8.99. The largest absolute Gasteiger partial charge is 0.480 e. The van der Waals surface area contributed by atoms with Crippen LogP contribution < -0.4 is 5.32 Å². The number of likely N-dealkylation sites (tertiary alicyclic amines) is 1. The van der Waals surface area contributed by atoms with E-state index in [2.05, 4.69) is 5.32 Å². The smallest absolute Gasteiger partial charge is 0.326 e. The number of carboxylic acid groups (broad SMARTS) is 1. The van der Waals surface area contributed by atoms with E-state index in [-0.39, 0.29) is 24.4 Å². The fourth-order valence-electron chi connectivity index (χ4n) is 4.85. The summed E-state index contributed by atoms with van der Waals surface area (Å²) in [7, 11) is 0. The monoisotopic (exact) mass is 462 g/mol. The van der Waals surface area contributed by atoms with Crippen LogP contribution in [-0.2, 0) is 25.5 Å². The molecule has 2 saturated heterocycles. The second kappa shape index (κ2) is 11.7. The van der Waals surface area contributed by atoms with Crippen LogP contribution in [0.2, 0.25) is 0 Å². The number of rotatable bonds is 9. The molecular formula is C24H34N2O5S. The van der Waals surface area contributed by atoms with Gasteiger partial charge in [0.15, 0.2) is 0 Å². The number of piperidine rings is 1. The van der Waals surface area contributed by atoms with E-state index in [1.165, 1.54) is 4.90 Å². The zero-order valence-corrected chi connectivity index (χ0v) is 19.7. The lowest BCUT2D eigenvalue weighted by molar-refractivity contribution is -0.158. The predicted octanol–water partition coefficient (Wildman–Crippen LogP) is 2.58. The van der Waals surface area contributed by atoms with E-state index in [4.69, 9.17) is 4.74 Å². The summed E-state index contributed by atoms with van der Waals surface area (Å²) in [4.78, 5) is 39.5. The first-order valence-electron chi connectivity index (χ1n) is 11.5. The van der Waals surface area contributed by atoms with Crippen molar-refractivity contribution in [3.63, 3.8) is 0 Å². The highest BCUT2D eigenvalue weighted by Gasteiger charge is 2.46. The van der Waals surface area contributed by atoms with Crippen LogP contribution in [0.4, 0.5) is 0 Å². The van der Waals surface area contributed by atoms with E-state index in [9.17, 15) is 19.5 Å². The molecule has 1 amide bonds. The van der Waals surface area contributed by atoms with Crippen molar-refractivity contribution < 1.29 is 24.2 Å². The maximum absolute atomic E-state index is 13.3. The second-order valence-electron chi connectivity index (χ2n) is 8.61. The quantitative estimate of drug-likeness (QED) is 0.545. The zero-order chi connectivity index (χ0) is 23.1. The van der Waals surface area contributed by atoms with Crippen molar-refractivity contribution >= 4 is 29.6 Å². The molecule has 1 aromatic carbocycles. The Hall–Kier alpha value is -2.06. The molecule has 0 aliphatic carbocycles. The van der Waals surface area contributed by atoms with Gasteiger partial charge in [0.1, 0.15) is 12.1 Å². The summed E-state index contributed by atoms with van der Waals surface area (Å²) in [5.74, 6) is 0.667. The Labute approximate surface area is 194 Å². The van der Waals surface area contributed by atoms with Crippen LogP contribution >= 0.6 is 11.8 Å². The first kappa shape index (κ1) is 24.6. The van der Waals surface area contributed by atoms with Crippen LogP contribution in [0, 0.1) is 11.8 Å². The highest BCUT2D eigenvalue weighted by Crippen LogP contribution is 2.39. The summed E-state index contributed by atoms with van der Waals surface area (Å²) in [6, 6.07) is 7.73. The molecule has 0 bridgehead atoms. The normalized spacial score (nSPS) is 24.8. The van der Waals surface area contributed by atoms with E-state index in [1.54, 1.807) is 13.8 Å². The molecule has 2 fully saturated rings. The van der Waals surface area contributed by atoms with Gasteiger partial charge in [0, 0.05) is 6.54 Å². The Bertz CT molecular complexity index is 790. The SMILES string of the molecule is CCOC(=O)C(CCc1ccccc1)N[C@@H](C)C(=O)N1CCC2CSCCC2[C@H]1C(=O)O. The van der Waals surface area contributed by atoms with Crippen molar-refractivity contribution in [3.05, 3.63) is 35.9 Å². The molecule has 0 spiro atoms. The maximum atomic E-state index is 13.3. The van der Waals surface area contributed by atoms with Gasteiger partial charge in [-0.05, 0) is 68.4 Å². The number of benzene rings is 1. The molecule has 0 aromatic heterocycles. The standard InChI is InChI=1S/C24H34N2O5S/c1-3-31-24(30)20(10-9-17-7-5-4-6-8-17)25-16(2)22(27)26-13-11-18-15-32-14-12-19(18)21(26)23(28)29/h4-8,16,18-21,25H,3,9-15H2,1-2H3,(H,28,29)/t16-,18?,19?,20?,21-/m0/s1. The number of ether oxygens (including phenoxy) is 1. The molecule has 1 aromatic rings.